The van der Waals surface area contributed by atoms with Gasteiger partial charge in [0.15, 0.2) is 5.78 Å². The number of Topliss-reactive ketones (excluding diaryl/α,β-unsaturated/α-hetero) is 1. The Morgan fingerprint density at radius 1 is 1.35 bits per heavy atom. The Labute approximate surface area is 122 Å². The molecule has 20 heavy (non-hydrogen) atoms. The molecule has 1 aliphatic rings. The number of fused-ring (bicyclic) bond motifs is 1. The van der Waals surface area contributed by atoms with E-state index in [1.54, 1.807) is 0 Å². The number of aromatic nitrogens is 1. The minimum atomic E-state index is 0.0916. The van der Waals surface area contributed by atoms with Crippen LogP contribution in [0.25, 0.3) is 0 Å². The second kappa shape index (κ2) is 6.13. The standard InChI is InChI=1S/C17H27NO2/c1-13(2)12-20-9-5-7-18-8-6-14-15(18)10-17(3,4)11-16(14)19/h6,8,13H,5,7,9-12H2,1-4H3. The van der Waals surface area contributed by atoms with Crippen molar-refractivity contribution in [2.75, 3.05) is 13.2 Å². The fourth-order valence-corrected chi connectivity index (χ4v) is 2.87. The Balaban J connectivity index is 1.93. The molecule has 0 N–H and O–H groups in total. The van der Waals surface area contributed by atoms with E-state index < -0.39 is 0 Å². The van der Waals surface area contributed by atoms with Crippen molar-refractivity contribution < 1.29 is 9.53 Å². The minimum Gasteiger partial charge on any atom is -0.381 e. The number of carbonyl (C=O) groups excluding carboxylic acids is 1. The summed E-state index contributed by atoms with van der Waals surface area (Å²) in [5.41, 5.74) is 2.25. The van der Waals surface area contributed by atoms with Gasteiger partial charge in [-0.3, -0.25) is 4.79 Å². The van der Waals surface area contributed by atoms with Crippen LogP contribution in [-0.4, -0.2) is 23.6 Å². The Bertz CT molecular complexity index is 471. The van der Waals surface area contributed by atoms with Crippen molar-refractivity contribution in [3.63, 3.8) is 0 Å². The molecule has 0 aromatic carbocycles. The lowest BCUT2D eigenvalue weighted by molar-refractivity contribution is 0.0908. The molecule has 3 nitrogen and oxygen atoms in total. The Hall–Kier alpha value is -1.09. The summed E-state index contributed by atoms with van der Waals surface area (Å²) in [5, 5.41) is 0. The smallest absolute Gasteiger partial charge is 0.165 e. The second-order valence-corrected chi connectivity index (χ2v) is 7.13. The molecule has 0 spiro atoms. The zero-order valence-corrected chi connectivity index (χ0v) is 13.2. The van der Waals surface area contributed by atoms with Gasteiger partial charge in [0.05, 0.1) is 0 Å². The normalized spacial score (nSPS) is 17.6. The number of hydrogen-bond acceptors (Lipinski definition) is 2. The maximum absolute atomic E-state index is 12.1. The summed E-state index contributed by atoms with van der Waals surface area (Å²) in [6.45, 7) is 11.2. The van der Waals surface area contributed by atoms with E-state index >= 15 is 0 Å². The monoisotopic (exact) mass is 277 g/mol. The van der Waals surface area contributed by atoms with Crippen LogP contribution in [-0.2, 0) is 17.7 Å². The molecule has 1 aromatic rings. The van der Waals surface area contributed by atoms with Gasteiger partial charge in [0.2, 0.25) is 0 Å². The van der Waals surface area contributed by atoms with Gasteiger partial charge in [-0.05, 0) is 30.2 Å². The quantitative estimate of drug-likeness (QED) is 0.742. The molecule has 2 rings (SSSR count). The van der Waals surface area contributed by atoms with Crippen molar-refractivity contribution in [3.8, 4) is 0 Å². The average Bonchev–Trinajstić information content (AvgIpc) is 2.70. The SMILES string of the molecule is CC(C)COCCCn1ccc2c1CC(C)(C)CC2=O. The molecule has 0 radical (unpaired) electrons. The van der Waals surface area contributed by atoms with Crippen LogP contribution in [0.4, 0.5) is 0 Å². The van der Waals surface area contributed by atoms with E-state index in [9.17, 15) is 4.79 Å². The van der Waals surface area contributed by atoms with Gasteiger partial charge in [-0.1, -0.05) is 27.7 Å². The molecule has 0 atom stereocenters. The van der Waals surface area contributed by atoms with Crippen LogP contribution in [0.3, 0.4) is 0 Å². The van der Waals surface area contributed by atoms with Gasteiger partial charge in [0, 0.05) is 43.6 Å². The Morgan fingerprint density at radius 3 is 2.80 bits per heavy atom. The molecule has 1 aliphatic carbocycles. The van der Waals surface area contributed by atoms with Crippen LogP contribution in [0.15, 0.2) is 12.3 Å². The molecule has 0 amide bonds. The van der Waals surface area contributed by atoms with Gasteiger partial charge >= 0.3 is 0 Å². The number of carbonyl (C=O) groups is 1. The summed E-state index contributed by atoms with van der Waals surface area (Å²) >= 11 is 0. The third kappa shape index (κ3) is 3.72. The van der Waals surface area contributed by atoms with E-state index in [2.05, 4.69) is 38.5 Å². The van der Waals surface area contributed by atoms with Gasteiger partial charge in [-0.15, -0.1) is 0 Å². The number of ether oxygens (including phenoxy) is 1. The largest absolute Gasteiger partial charge is 0.381 e. The predicted octanol–water partition coefficient (Wildman–Crippen LogP) is 3.71. The van der Waals surface area contributed by atoms with E-state index in [0.29, 0.717) is 18.1 Å². The van der Waals surface area contributed by atoms with Gasteiger partial charge in [0.25, 0.3) is 0 Å². The summed E-state index contributed by atoms with van der Waals surface area (Å²) < 4.78 is 7.86. The number of aryl methyl sites for hydroxylation is 1. The van der Waals surface area contributed by atoms with Gasteiger partial charge < -0.3 is 9.30 Å². The lowest BCUT2D eigenvalue weighted by Gasteiger charge is -2.29. The maximum Gasteiger partial charge on any atom is 0.165 e. The zero-order valence-electron chi connectivity index (χ0n) is 13.2. The first-order chi connectivity index (χ1) is 9.39. The lowest BCUT2D eigenvalue weighted by Crippen LogP contribution is -2.28. The van der Waals surface area contributed by atoms with Crippen molar-refractivity contribution in [1.82, 2.24) is 4.57 Å². The third-order valence-corrected chi connectivity index (χ3v) is 3.80. The fraction of sp³-hybridized carbons (Fsp3) is 0.706. The molecular formula is C17H27NO2. The van der Waals surface area contributed by atoms with Crippen LogP contribution in [0.1, 0.15) is 56.6 Å². The highest BCUT2D eigenvalue weighted by Crippen LogP contribution is 2.35. The first-order valence-corrected chi connectivity index (χ1v) is 7.68. The molecule has 3 heteroatoms. The Kier molecular flexibility index (Phi) is 4.69. The lowest BCUT2D eigenvalue weighted by atomic mass is 9.76. The summed E-state index contributed by atoms with van der Waals surface area (Å²) in [5.74, 6) is 0.888. The Morgan fingerprint density at radius 2 is 2.10 bits per heavy atom. The van der Waals surface area contributed by atoms with E-state index in [-0.39, 0.29) is 5.41 Å². The molecule has 112 valence electrons. The predicted molar refractivity (Wildman–Crippen MR) is 81.1 cm³/mol. The molecule has 0 aliphatic heterocycles. The fourth-order valence-electron chi connectivity index (χ4n) is 2.87. The van der Waals surface area contributed by atoms with Crippen molar-refractivity contribution in [3.05, 3.63) is 23.5 Å². The summed E-state index contributed by atoms with van der Waals surface area (Å²) in [7, 11) is 0. The van der Waals surface area contributed by atoms with Gasteiger partial charge in [-0.25, -0.2) is 0 Å². The first-order valence-electron chi connectivity index (χ1n) is 7.68. The number of rotatable bonds is 6. The number of nitrogens with zero attached hydrogens (tertiary/aromatic N) is 1. The third-order valence-electron chi connectivity index (χ3n) is 3.80. The van der Waals surface area contributed by atoms with Crippen LogP contribution in [0, 0.1) is 11.3 Å². The molecular weight excluding hydrogens is 250 g/mol. The molecule has 1 aromatic heterocycles. The van der Waals surface area contributed by atoms with Crippen LogP contribution >= 0.6 is 0 Å². The van der Waals surface area contributed by atoms with Gasteiger partial charge in [-0.2, -0.15) is 0 Å². The van der Waals surface area contributed by atoms with Gasteiger partial charge in [0.1, 0.15) is 0 Å². The first kappa shape index (κ1) is 15.3. The highest BCUT2D eigenvalue weighted by molar-refractivity contribution is 5.98. The average molecular weight is 277 g/mol. The summed E-state index contributed by atoms with van der Waals surface area (Å²) in [6, 6.07) is 1.99. The van der Waals surface area contributed by atoms with Crippen molar-refractivity contribution >= 4 is 5.78 Å². The topological polar surface area (TPSA) is 31.2 Å². The molecule has 0 bridgehead atoms. The maximum atomic E-state index is 12.1. The van der Waals surface area contributed by atoms with E-state index in [1.165, 1.54) is 5.69 Å². The van der Waals surface area contributed by atoms with E-state index in [1.807, 2.05) is 6.07 Å². The minimum absolute atomic E-state index is 0.0916. The van der Waals surface area contributed by atoms with Crippen molar-refractivity contribution in [1.29, 1.82) is 0 Å². The number of hydrogen-bond donors (Lipinski definition) is 0. The molecule has 0 saturated carbocycles. The highest BCUT2D eigenvalue weighted by Gasteiger charge is 2.32. The van der Waals surface area contributed by atoms with E-state index in [0.717, 1.165) is 38.2 Å². The zero-order chi connectivity index (χ0) is 14.8. The van der Waals surface area contributed by atoms with Crippen molar-refractivity contribution in [2.45, 2.75) is 53.5 Å². The number of ketones is 1. The molecule has 0 unspecified atom stereocenters. The van der Waals surface area contributed by atoms with Crippen LogP contribution in [0.2, 0.25) is 0 Å². The van der Waals surface area contributed by atoms with E-state index in [4.69, 9.17) is 4.74 Å². The van der Waals surface area contributed by atoms with Crippen LogP contribution < -0.4 is 0 Å². The van der Waals surface area contributed by atoms with Crippen LogP contribution in [0.5, 0.6) is 0 Å². The molecule has 0 fully saturated rings. The van der Waals surface area contributed by atoms with Crippen molar-refractivity contribution in [2.24, 2.45) is 11.3 Å². The summed E-state index contributed by atoms with van der Waals surface area (Å²) in [6.07, 6.45) is 4.73. The second-order valence-electron chi connectivity index (χ2n) is 7.13. The highest BCUT2D eigenvalue weighted by atomic mass is 16.5. The summed E-state index contributed by atoms with van der Waals surface area (Å²) in [4.78, 5) is 12.1. The molecule has 1 heterocycles. The molecule has 0 saturated heterocycles.